The molecule has 5 heteroatoms. The van der Waals surface area contributed by atoms with Crippen LogP contribution in [0.2, 0.25) is 0 Å². The van der Waals surface area contributed by atoms with Crippen molar-refractivity contribution in [3.05, 3.63) is 18.0 Å². The molecule has 90 valence electrons. The van der Waals surface area contributed by atoms with Gasteiger partial charge in [0.25, 0.3) is 0 Å². The van der Waals surface area contributed by atoms with Gasteiger partial charge in [-0.1, -0.05) is 0 Å². The highest BCUT2D eigenvalue weighted by Crippen LogP contribution is 2.07. The van der Waals surface area contributed by atoms with Crippen LogP contribution in [-0.2, 0) is 11.3 Å². The number of nitrogens with two attached hydrogens (primary N) is 1. The van der Waals surface area contributed by atoms with Crippen molar-refractivity contribution in [1.29, 1.82) is 0 Å². The van der Waals surface area contributed by atoms with Crippen LogP contribution in [0.5, 0.6) is 0 Å². The normalized spacial score (nSPS) is 12.5. The molecule has 0 aromatic carbocycles. The molecular formula is C11H20N4O. The Hall–Kier alpha value is -1.36. The van der Waals surface area contributed by atoms with Crippen LogP contribution in [-0.4, -0.2) is 33.7 Å². The second-order valence-corrected chi connectivity index (χ2v) is 3.83. The van der Waals surface area contributed by atoms with E-state index in [9.17, 15) is 4.79 Å². The highest BCUT2D eigenvalue weighted by atomic mass is 16.2. The highest BCUT2D eigenvalue weighted by molar-refractivity contribution is 5.75. The largest absolute Gasteiger partial charge is 0.342 e. The summed E-state index contributed by atoms with van der Waals surface area (Å²) in [6.45, 7) is 7.59. The monoisotopic (exact) mass is 224 g/mol. The van der Waals surface area contributed by atoms with Gasteiger partial charge < -0.3 is 10.6 Å². The molecule has 1 aromatic heterocycles. The predicted octanol–water partition coefficient (Wildman–Crippen LogP) is 0.771. The third-order valence-corrected chi connectivity index (χ3v) is 2.59. The van der Waals surface area contributed by atoms with Gasteiger partial charge in [-0.15, -0.1) is 0 Å². The molecule has 0 radical (unpaired) electrons. The van der Waals surface area contributed by atoms with E-state index < -0.39 is 0 Å². The standard InChI is InChI=1S/C11H20N4O/c1-4-14(5-2)11(16)8-15-7-10(6-13-15)9(3)12/h6-7,9H,4-5,8,12H2,1-3H3/t9-/m1/s1. The Bertz CT molecular complexity index is 342. The lowest BCUT2D eigenvalue weighted by Crippen LogP contribution is -2.33. The van der Waals surface area contributed by atoms with Gasteiger partial charge >= 0.3 is 0 Å². The number of hydrogen-bond donors (Lipinski definition) is 1. The first-order valence-electron chi connectivity index (χ1n) is 5.64. The molecule has 5 nitrogen and oxygen atoms in total. The molecule has 1 aromatic rings. The zero-order chi connectivity index (χ0) is 12.1. The number of likely N-dealkylation sites (N-methyl/N-ethyl adjacent to an activating group) is 1. The first-order valence-corrected chi connectivity index (χ1v) is 5.64. The van der Waals surface area contributed by atoms with Crippen molar-refractivity contribution >= 4 is 5.91 Å². The summed E-state index contributed by atoms with van der Waals surface area (Å²) in [4.78, 5) is 13.6. The van der Waals surface area contributed by atoms with Gasteiger partial charge in [0.1, 0.15) is 6.54 Å². The lowest BCUT2D eigenvalue weighted by molar-refractivity contribution is -0.131. The fourth-order valence-corrected chi connectivity index (χ4v) is 1.52. The van der Waals surface area contributed by atoms with Crippen LogP contribution in [0.15, 0.2) is 12.4 Å². The molecule has 0 saturated carbocycles. The van der Waals surface area contributed by atoms with E-state index in [1.807, 2.05) is 27.0 Å². The van der Waals surface area contributed by atoms with E-state index in [0.717, 1.165) is 18.7 Å². The van der Waals surface area contributed by atoms with E-state index in [4.69, 9.17) is 5.73 Å². The van der Waals surface area contributed by atoms with E-state index in [-0.39, 0.29) is 18.5 Å². The second kappa shape index (κ2) is 5.65. The van der Waals surface area contributed by atoms with Crippen molar-refractivity contribution in [2.45, 2.75) is 33.4 Å². The molecule has 0 unspecified atom stereocenters. The Kier molecular flexibility index (Phi) is 4.49. The number of carbonyl (C=O) groups excluding carboxylic acids is 1. The molecule has 0 bridgehead atoms. The van der Waals surface area contributed by atoms with Crippen molar-refractivity contribution in [1.82, 2.24) is 14.7 Å². The fraction of sp³-hybridized carbons (Fsp3) is 0.636. The van der Waals surface area contributed by atoms with Gasteiger partial charge in [-0.3, -0.25) is 9.48 Å². The minimum absolute atomic E-state index is 0.0442. The summed E-state index contributed by atoms with van der Waals surface area (Å²) in [5.74, 6) is 0.0873. The Morgan fingerprint density at radius 3 is 2.62 bits per heavy atom. The van der Waals surface area contributed by atoms with Gasteiger partial charge in [0, 0.05) is 30.9 Å². The van der Waals surface area contributed by atoms with E-state index in [1.54, 1.807) is 15.8 Å². The minimum atomic E-state index is -0.0442. The third-order valence-electron chi connectivity index (χ3n) is 2.59. The Balaban J connectivity index is 2.62. The average molecular weight is 224 g/mol. The summed E-state index contributed by atoms with van der Waals surface area (Å²) in [7, 11) is 0. The summed E-state index contributed by atoms with van der Waals surface area (Å²) in [6.07, 6.45) is 3.53. The summed E-state index contributed by atoms with van der Waals surface area (Å²) < 4.78 is 1.64. The highest BCUT2D eigenvalue weighted by Gasteiger charge is 2.11. The maximum atomic E-state index is 11.8. The molecule has 0 fully saturated rings. The van der Waals surface area contributed by atoms with Crippen molar-refractivity contribution < 1.29 is 4.79 Å². The number of aromatic nitrogens is 2. The number of amides is 1. The number of hydrogen-bond acceptors (Lipinski definition) is 3. The minimum Gasteiger partial charge on any atom is -0.342 e. The summed E-state index contributed by atoms with van der Waals surface area (Å²) in [5, 5.41) is 4.12. The molecular weight excluding hydrogens is 204 g/mol. The van der Waals surface area contributed by atoms with Gasteiger partial charge in [-0.05, 0) is 20.8 Å². The maximum Gasteiger partial charge on any atom is 0.244 e. The molecule has 0 aliphatic rings. The molecule has 1 amide bonds. The lowest BCUT2D eigenvalue weighted by atomic mass is 10.2. The average Bonchev–Trinajstić information content (AvgIpc) is 2.68. The molecule has 0 spiro atoms. The molecule has 1 atom stereocenters. The molecule has 0 aliphatic heterocycles. The first-order chi connectivity index (χ1) is 7.58. The maximum absolute atomic E-state index is 11.8. The van der Waals surface area contributed by atoms with Crippen molar-refractivity contribution in [3.8, 4) is 0 Å². The van der Waals surface area contributed by atoms with Gasteiger partial charge in [0.15, 0.2) is 0 Å². The second-order valence-electron chi connectivity index (χ2n) is 3.83. The predicted molar refractivity (Wildman–Crippen MR) is 62.8 cm³/mol. The van der Waals surface area contributed by atoms with E-state index in [0.29, 0.717) is 0 Å². The van der Waals surface area contributed by atoms with Crippen molar-refractivity contribution in [3.63, 3.8) is 0 Å². The van der Waals surface area contributed by atoms with Crippen LogP contribution in [0.1, 0.15) is 32.4 Å². The number of nitrogens with zero attached hydrogens (tertiary/aromatic N) is 3. The van der Waals surface area contributed by atoms with E-state index >= 15 is 0 Å². The number of rotatable bonds is 5. The molecule has 1 rings (SSSR count). The Morgan fingerprint density at radius 2 is 2.19 bits per heavy atom. The molecule has 16 heavy (non-hydrogen) atoms. The summed E-state index contributed by atoms with van der Waals surface area (Å²) in [5.41, 5.74) is 6.67. The van der Waals surface area contributed by atoms with Crippen LogP contribution in [0.4, 0.5) is 0 Å². The van der Waals surface area contributed by atoms with E-state index in [2.05, 4.69) is 5.10 Å². The molecule has 2 N–H and O–H groups in total. The SMILES string of the molecule is CCN(CC)C(=O)Cn1cc([C@@H](C)N)cn1. The lowest BCUT2D eigenvalue weighted by Gasteiger charge is -2.18. The quantitative estimate of drug-likeness (QED) is 0.803. The van der Waals surface area contributed by atoms with Crippen molar-refractivity contribution in [2.24, 2.45) is 5.73 Å². The van der Waals surface area contributed by atoms with Crippen LogP contribution in [0, 0.1) is 0 Å². The van der Waals surface area contributed by atoms with E-state index in [1.165, 1.54) is 0 Å². The summed E-state index contributed by atoms with van der Waals surface area (Å²) >= 11 is 0. The Labute approximate surface area is 96.2 Å². The smallest absolute Gasteiger partial charge is 0.244 e. The Morgan fingerprint density at radius 1 is 1.56 bits per heavy atom. The van der Waals surface area contributed by atoms with Gasteiger partial charge in [-0.25, -0.2) is 0 Å². The van der Waals surface area contributed by atoms with Crippen LogP contribution < -0.4 is 5.73 Å². The topological polar surface area (TPSA) is 64.2 Å². The first kappa shape index (κ1) is 12.7. The summed E-state index contributed by atoms with van der Waals surface area (Å²) in [6, 6.07) is -0.0442. The number of carbonyl (C=O) groups is 1. The van der Waals surface area contributed by atoms with Gasteiger partial charge in [0.05, 0.1) is 6.20 Å². The third kappa shape index (κ3) is 3.06. The van der Waals surface area contributed by atoms with Crippen LogP contribution in [0.25, 0.3) is 0 Å². The fourth-order valence-electron chi connectivity index (χ4n) is 1.52. The molecule has 1 heterocycles. The zero-order valence-corrected chi connectivity index (χ0v) is 10.2. The van der Waals surface area contributed by atoms with Gasteiger partial charge in [-0.2, -0.15) is 5.10 Å². The molecule has 0 saturated heterocycles. The van der Waals surface area contributed by atoms with Gasteiger partial charge in [0.2, 0.25) is 5.91 Å². The van der Waals surface area contributed by atoms with Crippen LogP contribution in [0.3, 0.4) is 0 Å². The van der Waals surface area contributed by atoms with Crippen molar-refractivity contribution in [2.75, 3.05) is 13.1 Å². The zero-order valence-electron chi connectivity index (χ0n) is 10.2. The molecule has 0 aliphatic carbocycles. The van der Waals surface area contributed by atoms with Crippen LogP contribution >= 0.6 is 0 Å².